The third kappa shape index (κ3) is 2.93. The van der Waals surface area contributed by atoms with Crippen molar-refractivity contribution in [2.75, 3.05) is 11.9 Å². The maximum atomic E-state index is 14.0. The first kappa shape index (κ1) is 13.5. The Morgan fingerprint density at radius 2 is 2.21 bits per heavy atom. The summed E-state index contributed by atoms with van der Waals surface area (Å²) in [6.07, 6.45) is 2.93. The van der Waals surface area contributed by atoms with E-state index in [-0.39, 0.29) is 5.82 Å². The molecule has 5 heteroatoms. The zero-order chi connectivity index (χ0) is 14.0. The normalized spacial score (nSPS) is 12.5. The number of anilines is 1. The van der Waals surface area contributed by atoms with Crippen LogP contribution in [0.3, 0.4) is 0 Å². The van der Waals surface area contributed by atoms with Crippen molar-refractivity contribution in [3.63, 3.8) is 0 Å². The molecule has 0 unspecified atom stereocenters. The monoisotopic (exact) mass is 263 g/mol. The summed E-state index contributed by atoms with van der Waals surface area (Å²) in [5, 5.41) is 13.8. The van der Waals surface area contributed by atoms with Crippen LogP contribution < -0.4 is 4.90 Å². The van der Waals surface area contributed by atoms with Crippen LogP contribution in [-0.4, -0.2) is 21.9 Å². The first-order valence-corrected chi connectivity index (χ1v) is 6.14. The molecule has 0 aliphatic heterocycles. The molecular formula is C14H18FN3O. The van der Waals surface area contributed by atoms with Crippen molar-refractivity contribution in [2.24, 2.45) is 7.05 Å². The summed E-state index contributed by atoms with van der Waals surface area (Å²) in [6.45, 7) is 2.17. The molecule has 2 rings (SSSR count). The van der Waals surface area contributed by atoms with Crippen LogP contribution in [0.4, 0.5) is 10.1 Å². The number of aryl methyl sites for hydroxylation is 1. The number of hydrogen-bond donors (Lipinski definition) is 1. The second kappa shape index (κ2) is 5.40. The van der Waals surface area contributed by atoms with Gasteiger partial charge in [-0.1, -0.05) is 12.1 Å². The number of hydrogen-bond acceptors (Lipinski definition) is 3. The zero-order valence-corrected chi connectivity index (χ0v) is 11.3. The molecule has 1 heterocycles. The van der Waals surface area contributed by atoms with Gasteiger partial charge in [0.25, 0.3) is 0 Å². The summed E-state index contributed by atoms with van der Waals surface area (Å²) in [5.74, 6) is -0.329. The topological polar surface area (TPSA) is 41.3 Å². The third-order valence-electron chi connectivity index (χ3n) is 3.03. The number of rotatable bonds is 4. The minimum atomic E-state index is -0.706. The molecule has 1 aromatic heterocycles. The summed E-state index contributed by atoms with van der Waals surface area (Å²) >= 11 is 0. The number of benzene rings is 1. The second-order valence-corrected chi connectivity index (χ2v) is 4.73. The number of aliphatic hydroxyl groups excluding tert-OH is 1. The van der Waals surface area contributed by atoms with E-state index in [1.807, 2.05) is 13.2 Å². The van der Waals surface area contributed by atoms with E-state index in [1.165, 1.54) is 6.07 Å². The van der Waals surface area contributed by atoms with Crippen molar-refractivity contribution in [3.05, 3.63) is 47.5 Å². The summed E-state index contributed by atoms with van der Waals surface area (Å²) < 4.78 is 15.7. The second-order valence-electron chi connectivity index (χ2n) is 4.73. The van der Waals surface area contributed by atoms with Gasteiger partial charge in [-0.05, 0) is 13.0 Å². The average molecular weight is 263 g/mol. The number of para-hydroxylation sites is 1. The van der Waals surface area contributed by atoms with Crippen molar-refractivity contribution in [3.8, 4) is 0 Å². The quantitative estimate of drug-likeness (QED) is 0.920. The highest BCUT2D eigenvalue weighted by Crippen LogP contribution is 2.29. The van der Waals surface area contributed by atoms with Gasteiger partial charge >= 0.3 is 0 Å². The van der Waals surface area contributed by atoms with Gasteiger partial charge in [-0.2, -0.15) is 5.10 Å². The fourth-order valence-corrected chi connectivity index (χ4v) is 2.18. The molecular weight excluding hydrogens is 245 g/mol. The zero-order valence-electron chi connectivity index (χ0n) is 11.3. The summed E-state index contributed by atoms with van der Waals surface area (Å²) in [4.78, 5) is 1.79. The molecule has 4 nitrogen and oxygen atoms in total. The SMILES string of the molecule is C[C@H](O)c1cccc(F)c1N(C)Cc1cnn(C)c1. The first-order valence-electron chi connectivity index (χ1n) is 6.14. The van der Waals surface area contributed by atoms with Crippen LogP contribution in [0.25, 0.3) is 0 Å². The van der Waals surface area contributed by atoms with Crippen LogP contribution in [0, 0.1) is 5.82 Å². The van der Waals surface area contributed by atoms with Crippen LogP contribution in [-0.2, 0) is 13.6 Å². The fourth-order valence-electron chi connectivity index (χ4n) is 2.18. The van der Waals surface area contributed by atoms with Crippen LogP contribution in [0.2, 0.25) is 0 Å². The van der Waals surface area contributed by atoms with Crippen molar-refractivity contribution in [1.82, 2.24) is 9.78 Å². The Morgan fingerprint density at radius 1 is 1.47 bits per heavy atom. The van der Waals surface area contributed by atoms with E-state index in [0.717, 1.165) is 5.56 Å². The lowest BCUT2D eigenvalue weighted by molar-refractivity contribution is 0.199. The number of halogens is 1. The summed E-state index contributed by atoms with van der Waals surface area (Å²) in [5.41, 5.74) is 2.01. The number of aromatic nitrogens is 2. The number of aliphatic hydroxyl groups is 1. The van der Waals surface area contributed by atoms with E-state index in [4.69, 9.17) is 0 Å². The van der Waals surface area contributed by atoms with Crippen molar-refractivity contribution < 1.29 is 9.50 Å². The molecule has 0 spiro atoms. The van der Waals surface area contributed by atoms with Crippen molar-refractivity contribution in [1.29, 1.82) is 0 Å². The molecule has 2 aromatic rings. The maximum absolute atomic E-state index is 14.0. The molecule has 1 N–H and O–H groups in total. The molecule has 0 radical (unpaired) electrons. The van der Waals surface area contributed by atoms with E-state index in [0.29, 0.717) is 17.8 Å². The van der Waals surface area contributed by atoms with Gasteiger partial charge in [0.15, 0.2) is 0 Å². The Labute approximate surface area is 112 Å². The van der Waals surface area contributed by atoms with E-state index in [1.54, 1.807) is 41.9 Å². The van der Waals surface area contributed by atoms with Gasteiger partial charge in [0.2, 0.25) is 0 Å². The van der Waals surface area contributed by atoms with E-state index >= 15 is 0 Å². The van der Waals surface area contributed by atoms with E-state index in [9.17, 15) is 9.50 Å². The van der Waals surface area contributed by atoms with Crippen molar-refractivity contribution in [2.45, 2.75) is 19.6 Å². The standard InChI is InChI=1S/C14H18FN3O/c1-10(19)12-5-4-6-13(15)14(12)17(2)8-11-7-16-18(3)9-11/h4-7,9-10,19H,8H2,1-3H3/t10-/m0/s1. The predicted molar refractivity (Wildman–Crippen MR) is 72.3 cm³/mol. The van der Waals surface area contributed by atoms with E-state index in [2.05, 4.69) is 5.10 Å². The molecule has 0 aliphatic rings. The molecule has 1 aromatic carbocycles. The molecule has 0 amide bonds. The first-order chi connectivity index (χ1) is 8.99. The smallest absolute Gasteiger partial charge is 0.146 e. The molecule has 19 heavy (non-hydrogen) atoms. The van der Waals surface area contributed by atoms with Crippen LogP contribution >= 0.6 is 0 Å². The van der Waals surface area contributed by atoms with Crippen molar-refractivity contribution >= 4 is 5.69 Å². The Balaban J connectivity index is 2.30. The summed E-state index contributed by atoms with van der Waals surface area (Å²) in [6, 6.07) is 4.75. The molecule has 0 bridgehead atoms. The van der Waals surface area contributed by atoms with Gasteiger partial charge in [-0.3, -0.25) is 4.68 Å². The van der Waals surface area contributed by atoms with Crippen LogP contribution in [0.5, 0.6) is 0 Å². The molecule has 0 aliphatic carbocycles. The molecule has 1 atom stereocenters. The molecule has 0 saturated heterocycles. The molecule has 102 valence electrons. The minimum Gasteiger partial charge on any atom is -0.389 e. The van der Waals surface area contributed by atoms with Crippen LogP contribution in [0.15, 0.2) is 30.6 Å². The lowest BCUT2D eigenvalue weighted by Gasteiger charge is -2.23. The predicted octanol–water partition coefficient (Wildman–Crippen LogP) is 2.25. The maximum Gasteiger partial charge on any atom is 0.146 e. The summed E-state index contributed by atoms with van der Waals surface area (Å²) in [7, 11) is 3.64. The Kier molecular flexibility index (Phi) is 3.85. The number of nitrogens with zero attached hydrogens (tertiary/aromatic N) is 3. The lowest BCUT2D eigenvalue weighted by Crippen LogP contribution is -2.20. The highest BCUT2D eigenvalue weighted by atomic mass is 19.1. The van der Waals surface area contributed by atoms with Gasteiger partial charge in [-0.15, -0.1) is 0 Å². The van der Waals surface area contributed by atoms with Gasteiger partial charge in [-0.25, -0.2) is 4.39 Å². The highest BCUT2D eigenvalue weighted by molar-refractivity contribution is 5.55. The Bertz CT molecular complexity index is 566. The largest absolute Gasteiger partial charge is 0.389 e. The van der Waals surface area contributed by atoms with Gasteiger partial charge in [0.1, 0.15) is 5.82 Å². The van der Waals surface area contributed by atoms with Gasteiger partial charge < -0.3 is 10.0 Å². The van der Waals surface area contributed by atoms with Gasteiger partial charge in [0.05, 0.1) is 18.0 Å². The Hall–Kier alpha value is -1.88. The third-order valence-corrected chi connectivity index (χ3v) is 3.03. The van der Waals surface area contributed by atoms with Crippen LogP contribution in [0.1, 0.15) is 24.2 Å². The fraction of sp³-hybridized carbons (Fsp3) is 0.357. The highest BCUT2D eigenvalue weighted by Gasteiger charge is 2.16. The molecule has 0 fully saturated rings. The van der Waals surface area contributed by atoms with Gasteiger partial charge in [0, 0.05) is 38.0 Å². The Morgan fingerprint density at radius 3 is 2.79 bits per heavy atom. The molecule has 0 saturated carbocycles. The van der Waals surface area contributed by atoms with E-state index < -0.39 is 6.10 Å². The lowest BCUT2D eigenvalue weighted by atomic mass is 10.1. The average Bonchev–Trinajstić information content (AvgIpc) is 2.74. The minimum absolute atomic E-state index is 0.329.